The Morgan fingerprint density at radius 3 is 2.33 bits per heavy atom. The van der Waals surface area contributed by atoms with Crippen molar-refractivity contribution < 1.29 is 4.79 Å². The summed E-state index contributed by atoms with van der Waals surface area (Å²) in [5.74, 6) is -0.0147. The highest BCUT2D eigenvalue weighted by molar-refractivity contribution is 6.30. The van der Waals surface area contributed by atoms with Crippen LogP contribution in [0.5, 0.6) is 0 Å². The molecule has 0 aliphatic heterocycles. The molecular weight excluding hydrogens is 138 g/mol. The summed E-state index contributed by atoms with van der Waals surface area (Å²) >= 11 is 5.51. The molecule has 1 unspecified atom stereocenters. The second kappa shape index (κ2) is 3.72. The molecule has 0 aromatic carbocycles. The van der Waals surface area contributed by atoms with Crippen molar-refractivity contribution in [2.24, 2.45) is 0 Å². The lowest BCUT2D eigenvalue weighted by Gasteiger charge is -2.14. The number of nitrogens with zero attached hydrogens (tertiary/aromatic N) is 1. The molecule has 0 rings (SSSR count). The summed E-state index contributed by atoms with van der Waals surface area (Å²) < 4.78 is 0. The zero-order valence-corrected chi connectivity index (χ0v) is 6.77. The van der Waals surface area contributed by atoms with Crippen LogP contribution in [0, 0.1) is 0 Å². The van der Waals surface area contributed by atoms with E-state index in [4.69, 9.17) is 11.6 Å². The summed E-state index contributed by atoms with van der Waals surface area (Å²) in [6, 6.07) is 0. The lowest BCUT2D eigenvalue weighted by Crippen LogP contribution is -2.31. The van der Waals surface area contributed by atoms with Gasteiger partial charge in [-0.3, -0.25) is 4.79 Å². The second-order valence-corrected chi connectivity index (χ2v) is 2.62. The van der Waals surface area contributed by atoms with Gasteiger partial charge in [0.2, 0.25) is 5.91 Å². The molecular formula is C6H12ClNO. The highest BCUT2D eigenvalue weighted by Crippen LogP contribution is 1.97. The maximum absolute atomic E-state index is 10.9. The molecule has 0 aromatic rings. The van der Waals surface area contributed by atoms with Crippen LogP contribution in [-0.4, -0.2) is 29.8 Å². The SMILES string of the molecule is CCN(C)C(=O)C(C)Cl. The second-order valence-electron chi connectivity index (χ2n) is 1.97. The van der Waals surface area contributed by atoms with Gasteiger partial charge in [-0.15, -0.1) is 11.6 Å². The van der Waals surface area contributed by atoms with Crippen molar-refractivity contribution in [3.05, 3.63) is 0 Å². The van der Waals surface area contributed by atoms with Crippen LogP contribution in [0.25, 0.3) is 0 Å². The van der Waals surface area contributed by atoms with Crippen LogP contribution < -0.4 is 0 Å². The van der Waals surface area contributed by atoms with E-state index in [0.717, 1.165) is 6.54 Å². The van der Waals surface area contributed by atoms with E-state index in [2.05, 4.69) is 0 Å². The van der Waals surface area contributed by atoms with Crippen molar-refractivity contribution in [3.63, 3.8) is 0 Å². The first-order chi connectivity index (χ1) is 4.09. The van der Waals surface area contributed by atoms with Gasteiger partial charge < -0.3 is 4.90 Å². The van der Waals surface area contributed by atoms with Crippen molar-refractivity contribution >= 4 is 17.5 Å². The van der Waals surface area contributed by atoms with E-state index in [1.807, 2.05) is 6.92 Å². The Morgan fingerprint density at radius 2 is 2.22 bits per heavy atom. The number of halogens is 1. The van der Waals surface area contributed by atoms with Crippen molar-refractivity contribution in [3.8, 4) is 0 Å². The predicted molar refractivity (Wildman–Crippen MR) is 38.6 cm³/mol. The van der Waals surface area contributed by atoms with Gasteiger partial charge >= 0.3 is 0 Å². The van der Waals surface area contributed by atoms with Crippen LogP contribution in [0.4, 0.5) is 0 Å². The predicted octanol–water partition coefficient (Wildman–Crippen LogP) is 1.09. The normalized spacial score (nSPS) is 12.9. The zero-order valence-electron chi connectivity index (χ0n) is 6.02. The Kier molecular flexibility index (Phi) is 3.62. The molecule has 0 spiro atoms. The van der Waals surface area contributed by atoms with Crippen LogP contribution in [0.2, 0.25) is 0 Å². The maximum atomic E-state index is 10.9. The number of amides is 1. The van der Waals surface area contributed by atoms with Crippen LogP contribution in [0.3, 0.4) is 0 Å². The van der Waals surface area contributed by atoms with Gasteiger partial charge in [0.25, 0.3) is 0 Å². The molecule has 0 aliphatic carbocycles. The number of hydrogen-bond acceptors (Lipinski definition) is 1. The molecule has 0 saturated carbocycles. The van der Waals surface area contributed by atoms with E-state index >= 15 is 0 Å². The number of alkyl halides is 1. The van der Waals surface area contributed by atoms with Gasteiger partial charge in [-0.25, -0.2) is 0 Å². The van der Waals surface area contributed by atoms with Gasteiger partial charge in [0, 0.05) is 13.6 Å². The van der Waals surface area contributed by atoms with E-state index in [-0.39, 0.29) is 5.91 Å². The van der Waals surface area contributed by atoms with Gasteiger partial charge in [0.1, 0.15) is 5.38 Å². The number of rotatable bonds is 2. The topological polar surface area (TPSA) is 20.3 Å². The summed E-state index contributed by atoms with van der Waals surface area (Å²) in [7, 11) is 1.74. The molecule has 1 atom stereocenters. The molecule has 54 valence electrons. The third-order valence-corrected chi connectivity index (χ3v) is 1.38. The van der Waals surface area contributed by atoms with E-state index in [1.54, 1.807) is 18.9 Å². The molecule has 2 nitrogen and oxygen atoms in total. The van der Waals surface area contributed by atoms with E-state index < -0.39 is 5.38 Å². The van der Waals surface area contributed by atoms with Crippen LogP contribution >= 0.6 is 11.6 Å². The highest BCUT2D eigenvalue weighted by Gasteiger charge is 2.11. The van der Waals surface area contributed by atoms with Gasteiger partial charge in [-0.05, 0) is 13.8 Å². The molecule has 0 heterocycles. The smallest absolute Gasteiger partial charge is 0.240 e. The lowest BCUT2D eigenvalue weighted by molar-refractivity contribution is -0.128. The highest BCUT2D eigenvalue weighted by atomic mass is 35.5. The maximum Gasteiger partial charge on any atom is 0.240 e. The lowest BCUT2D eigenvalue weighted by atomic mass is 10.4. The summed E-state index contributed by atoms with van der Waals surface area (Å²) in [5.41, 5.74) is 0. The monoisotopic (exact) mass is 149 g/mol. The Hall–Kier alpha value is -0.240. The van der Waals surface area contributed by atoms with Crippen molar-refractivity contribution in [2.45, 2.75) is 19.2 Å². The third-order valence-electron chi connectivity index (χ3n) is 1.19. The van der Waals surface area contributed by atoms with Crippen molar-refractivity contribution in [1.29, 1.82) is 0 Å². The molecule has 1 amide bonds. The molecule has 0 N–H and O–H groups in total. The molecule has 0 radical (unpaired) electrons. The fraction of sp³-hybridized carbons (Fsp3) is 0.833. The van der Waals surface area contributed by atoms with Crippen molar-refractivity contribution in [1.82, 2.24) is 4.90 Å². The Morgan fingerprint density at radius 1 is 1.78 bits per heavy atom. The Balaban J connectivity index is 3.73. The zero-order chi connectivity index (χ0) is 7.44. The van der Waals surface area contributed by atoms with Gasteiger partial charge in [0.05, 0.1) is 0 Å². The minimum atomic E-state index is -0.394. The molecule has 0 aliphatic rings. The third kappa shape index (κ3) is 2.70. The first kappa shape index (κ1) is 8.76. The Labute approximate surface area is 60.8 Å². The average Bonchev–Trinajstić information content (AvgIpc) is 1.84. The molecule has 0 aromatic heterocycles. The first-order valence-corrected chi connectivity index (χ1v) is 3.42. The fourth-order valence-electron chi connectivity index (χ4n) is 0.460. The Bertz CT molecular complexity index is 103. The van der Waals surface area contributed by atoms with Gasteiger partial charge in [-0.2, -0.15) is 0 Å². The summed E-state index contributed by atoms with van der Waals surface area (Å²) in [4.78, 5) is 12.5. The summed E-state index contributed by atoms with van der Waals surface area (Å²) in [6.45, 7) is 4.31. The molecule has 0 bridgehead atoms. The van der Waals surface area contributed by atoms with Gasteiger partial charge in [-0.1, -0.05) is 0 Å². The first-order valence-electron chi connectivity index (χ1n) is 2.98. The standard InChI is InChI=1S/C6H12ClNO/c1-4-8(3)6(9)5(2)7/h5H,4H2,1-3H3. The van der Waals surface area contributed by atoms with E-state index in [1.165, 1.54) is 0 Å². The minimum absolute atomic E-state index is 0.0147. The van der Waals surface area contributed by atoms with Gasteiger partial charge in [0.15, 0.2) is 0 Å². The summed E-state index contributed by atoms with van der Waals surface area (Å²) in [5, 5.41) is -0.394. The number of carbonyl (C=O) groups is 1. The van der Waals surface area contributed by atoms with E-state index in [9.17, 15) is 4.79 Å². The fourth-order valence-corrected chi connectivity index (χ4v) is 0.626. The largest absolute Gasteiger partial charge is 0.345 e. The number of hydrogen-bond donors (Lipinski definition) is 0. The average molecular weight is 150 g/mol. The number of carbonyl (C=O) groups excluding carboxylic acids is 1. The van der Waals surface area contributed by atoms with Crippen LogP contribution in [0.1, 0.15) is 13.8 Å². The minimum Gasteiger partial charge on any atom is -0.345 e. The summed E-state index contributed by atoms with van der Waals surface area (Å²) in [6.07, 6.45) is 0. The van der Waals surface area contributed by atoms with E-state index in [0.29, 0.717) is 0 Å². The molecule has 0 fully saturated rings. The molecule has 0 saturated heterocycles. The van der Waals surface area contributed by atoms with Crippen LogP contribution in [0.15, 0.2) is 0 Å². The molecule has 9 heavy (non-hydrogen) atoms. The van der Waals surface area contributed by atoms with Crippen molar-refractivity contribution in [2.75, 3.05) is 13.6 Å². The quantitative estimate of drug-likeness (QED) is 0.539. The van der Waals surface area contributed by atoms with Crippen LogP contribution in [-0.2, 0) is 4.79 Å². The molecule has 3 heteroatoms.